The minimum absolute atomic E-state index is 0.114. The number of likely N-dealkylation sites (N-methyl/N-ethyl adjacent to an activating group) is 1. The number of rotatable bonds is 3. The number of hydrogen-bond donors (Lipinski definition) is 1. The lowest BCUT2D eigenvalue weighted by Gasteiger charge is -2.35. The van der Waals surface area contributed by atoms with Crippen LogP contribution in [0.5, 0.6) is 0 Å². The van der Waals surface area contributed by atoms with Crippen LogP contribution in [-0.2, 0) is 0 Å². The smallest absolute Gasteiger partial charge is 0.255 e. The number of amides is 1. The highest BCUT2D eigenvalue weighted by Gasteiger charge is 2.20. The highest BCUT2D eigenvalue weighted by molar-refractivity contribution is 6.34. The summed E-state index contributed by atoms with van der Waals surface area (Å²) < 4.78 is 0. The van der Waals surface area contributed by atoms with Crippen molar-refractivity contribution in [3.8, 4) is 0 Å². The van der Waals surface area contributed by atoms with Crippen LogP contribution in [0, 0.1) is 6.92 Å². The molecule has 1 fully saturated rings. The van der Waals surface area contributed by atoms with Gasteiger partial charge in [0.15, 0.2) is 0 Å². The number of nitrogens with zero attached hydrogens (tertiary/aromatic N) is 2. The van der Waals surface area contributed by atoms with Gasteiger partial charge in [-0.1, -0.05) is 35.4 Å². The molecule has 0 radical (unpaired) electrons. The first-order valence-electron chi connectivity index (χ1n) is 8.14. The minimum Gasteiger partial charge on any atom is -0.366 e. The van der Waals surface area contributed by atoms with Crippen LogP contribution in [0.3, 0.4) is 0 Å². The van der Waals surface area contributed by atoms with Gasteiger partial charge < -0.3 is 15.1 Å². The van der Waals surface area contributed by atoms with E-state index in [2.05, 4.69) is 22.2 Å². The van der Waals surface area contributed by atoms with Crippen LogP contribution in [-0.4, -0.2) is 44.0 Å². The number of carbonyl (C=O) groups excluding carboxylic acids is 1. The van der Waals surface area contributed by atoms with E-state index < -0.39 is 0 Å². The molecule has 1 N–H and O–H groups in total. The highest BCUT2D eigenvalue weighted by atomic mass is 35.5. The Hall–Kier alpha value is -2.04. The van der Waals surface area contributed by atoms with Crippen molar-refractivity contribution in [1.29, 1.82) is 0 Å². The molecule has 1 aliphatic heterocycles. The molecular formula is C19H22ClN3O. The molecule has 0 aliphatic carbocycles. The SMILES string of the molecule is Cc1cccc(C(=O)Nc2cccc(Cl)c2N2CCN(C)CC2)c1. The largest absolute Gasteiger partial charge is 0.366 e. The maximum Gasteiger partial charge on any atom is 0.255 e. The Morgan fingerprint density at radius 1 is 1.08 bits per heavy atom. The van der Waals surface area contributed by atoms with Gasteiger partial charge in [0, 0.05) is 31.7 Å². The zero-order valence-corrected chi connectivity index (χ0v) is 14.8. The van der Waals surface area contributed by atoms with Crippen molar-refractivity contribution in [3.63, 3.8) is 0 Å². The fraction of sp³-hybridized carbons (Fsp3) is 0.316. The molecule has 0 spiro atoms. The van der Waals surface area contributed by atoms with E-state index >= 15 is 0 Å². The average Bonchev–Trinajstić information content (AvgIpc) is 2.56. The normalized spacial score (nSPS) is 15.4. The van der Waals surface area contributed by atoms with Crippen LogP contribution in [0.25, 0.3) is 0 Å². The Labute approximate surface area is 148 Å². The van der Waals surface area contributed by atoms with E-state index in [0.717, 1.165) is 43.1 Å². The molecule has 126 valence electrons. The van der Waals surface area contributed by atoms with Crippen LogP contribution in [0.2, 0.25) is 5.02 Å². The summed E-state index contributed by atoms with van der Waals surface area (Å²) >= 11 is 6.45. The third-order valence-corrected chi connectivity index (χ3v) is 4.64. The van der Waals surface area contributed by atoms with Crippen molar-refractivity contribution in [1.82, 2.24) is 4.90 Å². The Kier molecular flexibility index (Phi) is 5.07. The first-order chi connectivity index (χ1) is 11.5. The molecule has 1 aliphatic rings. The Morgan fingerprint density at radius 3 is 2.50 bits per heavy atom. The zero-order chi connectivity index (χ0) is 17.1. The van der Waals surface area contributed by atoms with Crippen molar-refractivity contribution in [2.24, 2.45) is 0 Å². The molecule has 5 heteroatoms. The topological polar surface area (TPSA) is 35.6 Å². The lowest BCUT2D eigenvalue weighted by molar-refractivity contribution is 0.102. The van der Waals surface area contributed by atoms with E-state index in [9.17, 15) is 4.79 Å². The van der Waals surface area contributed by atoms with Crippen LogP contribution in [0.1, 0.15) is 15.9 Å². The first-order valence-corrected chi connectivity index (χ1v) is 8.52. The van der Waals surface area contributed by atoms with E-state index in [1.807, 2.05) is 49.4 Å². The van der Waals surface area contributed by atoms with Crippen molar-refractivity contribution in [3.05, 3.63) is 58.6 Å². The number of anilines is 2. The number of hydrogen-bond acceptors (Lipinski definition) is 3. The number of halogens is 1. The molecule has 2 aromatic carbocycles. The lowest BCUT2D eigenvalue weighted by Crippen LogP contribution is -2.44. The summed E-state index contributed by atoms with van der Waals surface area (Å²) in [4.78, 5) is 17.1. The number of carbonyl (C=O) groups is 1. The Balaban J connectivity index is 1.85. The maximum absolute atomic E-state index is 12.6. The number of aryl methyl sites for hydroxylation is 1. The van der Waals surface area contributed by atoms with Gasteiger partial charge >= 0.3 is 0 Å². The van der Waals surface area contributed by atoms with Crippen molar-refractivity contribution < 1.29 is 4.79 Å². The van der Waals surface area contributed by atoms with Gasteiger partial charge in [0.1, 0.15) is 0 Å². The molecule has 2 aromatic rings. The quantitative estimate of drug-likeness (QED) is 0.924. The van der Waals surface area contributed by atoms with Crippen LogP contribution < -0.4 is 10.2 Å². The van der Waals surface area contributed by atoms with Crippen LogP contribution >= 0.6 is 11.6 Å². The summed E-state index contributed by atoms with van der Waals surface area (Å²) in [7, 11) is 2.12. The number of para-hydroxylation sites is 1. The van der Waals surface area contributed by atoms with Gasteiger partial charge in [0.2, 0.25) is 0 Å². The molecule has 0 unspecified atom stereocenters. The van der Waals surface area contributed by atoms with Crippen LogP contribution in [0.15, 0.2) is 42.5 Å². The maximum atomic E-state index is 12.6. The predicted octanol–water partition coefficient (Wildman–Crippen LogP) is 3.65. The van der Waals surface area contributed by atoms with E-state index in [1.54, 1.807) is 0 Å². The second-order valence-electron chi connectivity index (χ2n) is 6.25. The Morgan fingerprint density at radius 2 is 1.79 bits per heavy atom. The molecule has 0 aromatic heterocycles. The molecule has 1 amide bonds. The van der Waals surface area contributed by atoms with Crippen molar-refractivity contribution >= 4 is 28.9 Å². The minimum atomic E-state index is -0.114. The molecule has 1 heterocycles. The van der Waals surface area contributed by atoms with Crippen LogP contribution in [0.4, 0.5) is 11.4 Å². The number of piperazine rings is 1. The Bertz CT molecular complexity index is 739. The second kappa shape index (κ2) is 7.24. The average molecular weight is 344 g/mol. The van der Waals surface area contributed by atoms with Gasteiger partial charge in [0.05, 0.1) is 16.4 Å². The van der Waals surface area contributed by atoms with Gasteiger partial charge in [-0.2, -0.15) is 0 Å². The fourth-order valence-electron chi connectivity index (χ4n) is 2.95. The standard InChI is InChI=1S/C19H22ClN3O/c1-14-5-3-6-15(13-14)19(24)21-17-8-4-7-16(20)18(17)23-11-9-22(2)10-12-23/h3-8,13H,9-12H2,1-2H3,(H,21,24). The van der Waals surface area contributed by atoms with Gasteiger partial charge in [-0.05, 0) is 38.2 Å². The third kappa shape index (κ3) is 3.71. The zero-order valence-electron chi connectivity index (χ0n) is 14.1. The summed E-state index contributed by atoms with van der Waals surface area (Å²) in [5.41, 5.74) is 3.39. The molecule has 0 saturated carbocycles. The number of benzene rings is 2. The third-order valence-electron chi connectivity index (χ3n) is 4.33. The van der Waals surface area contributed by atoms with Gasteiger partial charge in [-0.15, -0.1) is 0 Å². The summed E-state index contributed by atoms with van der Waals surface area (Å²) in [5.74, 6) is -0.114. The monoisotopic (exact) mass is 343 g/mol. The molecule has 1 saturated heterocycles. The molecule has 3 rings (SSSR count). The second-order valence-corrected chi connectivity index (χ2v) is 6.66. The molecular weight excluding hydrogens is 322 g/mol. The van der Waals surface area contributed by atoms with Gasteiger partial charge in [-0.3, -0.25) is 4.79 Å². The fourth-order valence-corrected chi connectivity index (χ4v) is 3.24. The molecule has 24 heavy (non-hydrogen) atoms. The number of nitrogens with one attached hydrogen (secondary N) is 1. The van der Waals surface area contributed by atoms with Gasteiger partial charge in [-0.25, -0.2) is 0 Å². The van der Waals surface area contributed by atoms with Crippen molar-refractivity contribution in [2.75, 3.05) is 43.4 Å². The van der Waals surface area contributed by atoms with Crippen molar-refractivity contribution in [2.45, 2.75) is 6.92 Å². The summed E-state index contributed by atoms with van der Waals surface area (Å²) in [6.07, 6.45) is 0. The van der Waals surface area contributed by atoms with Gasteiger partial charge in [0.25, 0.3) is 5.91 Å². The molecule has 0 bridgehead atoms. The highest BCUT2D eigenvalue weighted by Crippen LogP contribution is 2.34. The summed E-state index contributed by atoms with van der Waals surface area (Å²) in [5, 5.41) is 3.69. The van der Waals surface area contributed by atoms with E-state index in [4.69, 9.17) is 11.6 Å². The van der Waals surface area contributed by atoms with E-state index in [1.165, 1.54) is 0 Å². The predicted molar refractivity (Wildman–Crippen MR) is 100 cm³/mol. The lowest BCUT2D eigenvalue weighted by atomic mass is 10.1. The summed E-state index contributed by atoms with van der Waals surface area (Å²) in [6.45, 7) is 5.74. The molecule has 4 nitrogen and oxygen atoms in total. The first kappa shape index (κ1) is 16.8. The van der Waals surface area contributed by atoms with E-state index in [-0.39, 0.29) is 5.91 Å². The van der Waals surface area contributed by atoms with E-state index in [0.29, 0.717) is 10.6 Å². The molecule has 0 atom stereocenters. The summed E-state index contributed by atoms with van der Waals surface area (Å²) in [6, 6.07) is 13.2.